The van der Waals surface area contributed by atoms with Crippen molar-refractivity contribution in [1.29, 1.82) is 0 Å². The van der Waals surface area contributed by atoms with Crippen molar-refractivity contribution < 1.29 is 14.1 Å². The molecule has 1 aromatic heterocycles. The molecule has 2 heterocycles. The second-order valence-electron chi connectivity index (χ2n) is 5.76. The zero-order chi connectivity index (χ0) is 15.5. The number of rotatable bonds is 3. The number of carbonyl (C=O) groups excluding carboxylic acids is 1. The Bertz CT molecular complexity index is 648. The largest absolute Gasteiger partial charge is 0.371 e. The van der Waals surface area contributed by atoms with E-state index >= 15 is 0 Å². The highest BCUT2D eigenvalue weighted by atomic mass is 16.5. The molecule has 0 bridgehead atoms. The van der Waals surface area contributed by atoms with Gasteiger partial charge in [-0.3, -0.25) is 4.79 Å². The SMILES string of the molecule is Cc1ccc([C@@H]2OCCC[C@H]2NC(=O)c2cc(C)no2)cc1. The second-order valence-corrected chi connectivity index (χ2v) is 5.76. The van der Waals surface area contributed by atoms with E-state index < -0.39 is 0 Å². The van der Waals surface area contributed by atoms with Crippen LogP contribution in [0, 0.1) is 13.8 Å². The minimum absolute atomic E-state index is 0.0608. The van der Waals surface area contributed by atoms with Crippen LogP contribution in [0.3, 0.4) is 0 Å². The van der Waals surface area contributed by atoms with Gasteiger partial charge in [-0.25, -0.2) is 0 Å². The van der Waals surface area contributed by atoms with Crippen LogP contribution in [0.5, 0.6) is 0 Å². The summed E-state index contributed by atoms with van der Waals surface area (Å²) in [4.78, 5) is 12.3. The molecule has 2 aromatic rings. The molecular weight excluding hydrogens is 280 g/mol. The number of nitrogens with zero attached hydrogens (tertiary/aromatic N) is 1. The summed E-state index contributed by atoms with van der Waals surface area (Å²) in [7, 11) is 0. The van der Waals surface area contributed by atoms with E-state index in [1.165, 1.54) is 5.56 Å². The molecule has 1 N–H and O–H groups in total. The lowest BCUT2D eigenvalue weighted by Gasteiger charge is -2.32. The molecule has 5 nitrogen and oxygen atoms in total. The average Bonchev–Trinajstić information content (AvgIpc) is 2.95. The first-order valence-corrected chi connectivity index (χ1v) is 7.56. The molecule has 1 saturated heterocycles. The summed E-state index contributed by atoms with van der Waals surface area (Å²) in [6.45, 7) is 4.56. The van der Waals surface area contributed by atoms with Crippen molar-refractivity contribution >= 4 is 5.91 Å². The molecule has 5 heteroatoms. The summed E-state index contributed by atoms with van der Waals surface area (Å²) in [6, 6.07) is 9.82. The van der Waals surface area contributed by atoms with Crippen molar-refractivity contribution in [3.63, 3.8) is 0 Å². The number of benzene rings is 1. The molecule has 0 spiro atoms. The fourth-order valence-corrected chi connectivity index (χ4v) is 2.72. The zero-order valence-corrected chi connectivity index (χ0v) is 12.8. The number of ether oxygens (including phenoxy) is 1. The molecule has 1 aliphatic rings. The number of hydrogen-bond acceptors (Lipinski definition) is 4. The van der Waals surface area contributed by atoms with Gasteiger partial charge in [0.05, 0.1) is 11.7 Å². The molecule has 0 aliphatic carbocycles. The lowest BCUT2D eigenvalue weighted by molar-refractivity contribution is -0.00979. The Morgan fingerprint density at radius 2 is 2.05 bits per heavy atom. The second kappa shape index (κ2) is 6.32. The van der Waals surface area contributed by atoms with E-state index in [2.05, 4.69) is 41.7 Å². The standard InChI is InChI=1S/C17H20N2O3/c1-11-5-7-13(8-6-11)16-14(4-3-9-21-16)18-17(20)15-10-12(2)19-22-15/h5-8,10,14,16H,3-4,9H2,1-2H3,(H,18,20)/t14-,16+/m1/s1. The van der Waals surface area contributed by atoms with Crippen LogP contribution in [0.15, 0.2) is 34.9 Å². The van der Waals surface area contributed by atoms with E-state index in [1.54, 1.807) is 13.0 Å². The Morgan fingerprint density at radius 3 is 2.73 bits per heavy atom. The van der Waals surface area contributed by atoms with Gasteiger partial charge in [0, 0.05) is 12.7 Å². The van der Waals surface area contributed by atoms with E-state index in [4.69, 9.17) is 9.26 Å². The maximum Gasteiger partial charge on any atom is 0.290 e. The molecule has 1 aliphatic heterocycles. The fourth-order valence-electron chi connectivity index (χ4n) is 2.72. The quantitative estimate of drug-likeness (QED) is 0.946. The molecule has 0 saturated carbocycles. The normalized spacial score (nSPS) is 21.5. The van der Waals surface area contributed by atoms with Gasteiger partial charge in [-0.1, -0.05) is 35.0 Å². The Labute approximate surface area is 129 Å². The van der Waals surface area contributed by atoms with Crippen LogP contribution in [0.4, 0.5) is 0 Å². The third kappa shape index (κ3) is 3.20. The number of nitrogens with one attached hydrogen (secondary N) is 1. The maximum atomic E-state index is 12.3. The smallest absolute Gasteiger partial charge is 0.290 e. The van der Waals surface area contributed by atoms with Gasteiger partial charge in [0.15, 0.2) is 0 Å². The van der Waals surface area contributed by atoms with E-state index in [-0.39, 0.29) is 23.8 Å². The molecule has 116 valence electrons. The Balaban J connectivity index is 1.75. The lowest BCUT2D eigenvalue weighted by Crippen LogP contribution is -2.42. The Morgan fingerprint density at radius 1 is 1.27 bits per heavy atom. The van der Waals surface area contributed by atoms with E-state index in [0.717, 1.165) is 18.4 Å². The van der Waals surface area contributed by atoms with Gasteiger partial charge in [0.1, 0.15) is 6.10 Å². The predicted octanol–water partition coefficient (Wildman–Crippen LogP) is 2.94. The van der Waals surface area contributed by atoms with Crippen LogP contribution >= 0.6 is 0 Å². The van der Waals surface area contributed by atoms with Crippen molar-refractivity contribution in [1.82, 2.24) is 10.5 Å². The minimum atomic E-state index is -0.242. The van der Waals surface area contributed by atoms with Crippen molar-refractivity contribution in [2.75, 3.05) is 6.61 Å². The van der Waals surface area contributed by atoms with Gasteiger partial charge in [-0.15, -0.1) is 0 Å². The summed E-state index contributed by atoms with van der Waals surface area (Å²) in [5, 5.41) is 6.76. The highest BCUT2D eigenvalue weighted by Gasteiger charge is 2.29. The first-order valence-electron chi connectivity index (χ1n) is 7.56. The van der Waals surface area contributed by atoms with Crippen LogP contribution in [-0.2, 0) is 4.74 Å². The minimum Gasteiger partial charge on any atom is -0.371 e. The molecule has 22 heavy (non-hydrogen) atoms. The summed E-state index contributed by atoms with van der Waals surface area (Å²) < 4.78 is 10.9. The Hall–Kier alpha value is -2.14. The molecule has 3 rings (SSSR count). The zero-order valence-electron chi connectivity index (χ0n) is 12.8. The summed E-state index contributed by atoms with van der Waals surface area (Å²) in [6.07, 6.45) is 1.70. The molecule has 1 fully saturated rings. The van der Waals surface area contributed by atoms with E-state index in [0.29, 0.717) is 12.3 Å². The Kier molecular flexibility index (Phi) is 4.24. The van der Waals surface area contributed by atoms with Gasteiger partial charge >= 0.3 is 0 Å². The van der Waals surface area contributed by atoms with Gasteiger partial charge < -0.3 is 14.6 Å². The van der Waals surface area contributed by atoms with E-state index in [1.807, 2.05) is 0 Å². The average molecular weight is 300 g/mol. The molecule has 0 unspecified atom stereocenters. The number of carbonyl (C=O) groups is 1. The van der Waals surface area contributed by atoms with Crippen LogP contribution in [-0.4, -0.2) is 23.7 Å². The van der Waals surface area contributed by atoms with Crippen LogP contribution < -0.4 is 5.32 Å². The predicted molar refractivity (Wildman–Crippen MR) is 81.6 cm³/mol. The van der Waals surface area contributed by atoms with Crippen molar-refractivity contribution in [3.8, 4) is 0 Å². The van der Waals surface area contributed by atoms with Crippen LogP contribution in [0.1, 0.15) is 46.3 Å². The third-order valence-corrected chi connectivity index (χ3v) is 3.90. The summed E-state index contributed by atoms with van der Waals surface area (Å²) >= 11 is 0. The van der Waals surface area contributed by atoms with Gasteiger partial charge in [0.25, 0.3) is 5.91 Å². The summed E-state index contributed by atoms with van der Waals surface area (Å²) in [5.74, 6) is -0.000980. The van der Waals surface area contributed by atoms with Crippen molar-refractivity contribution in [3.05, 3.63) is 52.9 Å². The first-order chi connectivity index (χ1) is 10.6. The number of hydrogen-bond donors (Lipinski definition) is 1. The lowest BCUT2D eigenvalue weighted by atomic mass is 9.95. The van der Waals surface area contributed by atoms with Crippen LogP contribution in [0.2, 0.25) is 0 Å². The molecular formula is C17H20N2O3. The van der Waals surface area contributed by atoms with Gasteiger partial charge in [-0.2, -0.15) is 0 Å². The molecule has 0 radical (unpaired) electrons. The topological polar surface area (TPSA) is 64.4 Å². The van der Waals surface area contributed by atoms with Gasteiger partial charge in [-0.05, 0) is 32.3 Å². The van der Waals surface area contributed by atoms with Crippen LogP contribution in [0.25, 0.3) is 0 Å². The number of amides is 1. The molecule has 1 aromatic carbocycles. The third-order valence-electron chi connectivity index (χ3n) is 3.90. The first kappa shape index (κ1) is 14.8. The maximum absolute atomic E-state index is 12.3. The summed E-state index contributed by atoms with van der Waals surface area (Å²) in [5.41, 5.74) is 2.99. The fraction of sp³-hybridized carbons (Fsp3) is 0.412. The number of aromatic nitrogens is 1. The van der Waals surface area contributed by atoms with E-state index in [9.17, 15) is 4.79 Å². The van der Waals surface area contributed by atoms with Gasteiger partial charge in [0.2, 0.25) is 5.76 Å². The monoisotopic (exact) mass is 300 g/mol. The van der Waals surface area contributed by atoms with Crippen molar-refractivity contribution in [2.45, 2.75) is 38.8 Å². The van der Waals surface area contributed by atoms with Crippen molar-refractivity contribution in [2.24, 2.45) is 0 Å². The molecule has 2 atom stereocenters. The molecule has 1 amide bonds. The highest BCUT2D eigenvalue weighted by Crippen LogP contribution is 2.29. The highest BCUT2D eigenvalue weighted by molar-refractivity contribution is 5.91. The number of aryl methyl sites for hydroxylation is 2.